The Hall–Kier alpha value is -1.82. The Morgan fingerprint density at radius 2 is 2.09 bits per heavy atom. The third kappa shape index (κ3) is 1.90. The van der Waals surface area contributed by atoms with E-state index < -0.39 is 5.97 Å². The van der Waals surface area contributed by atoms with Gasteiger partial charge in [-0.05, 0) is 66.7 Å². The number of carboxylic acids is 1. The molecule has 2 N–H and O–H groups in total. The number of rotatable bonds is 3. The maximum atomic E-state index is 11.9. The van der Waals surface area contributed by atoms with E-state index in [1.54, 1.807) is 4.52 Å². The highest BCUT2D eigenvalue weighted by Crippen LogP contribution is 2.64. The van der Waals surface area contributed by atoms with Crippen LogP contribution in [0.1, 0.15) is 19.3 Å². The van der Waals surface area contributed by atoms with E-state index in [4.69, 9.17) is 11.6 Å². The lowest BCUT2D eigenvalue weighted by atomic mass is 9.61. The van der Waals surface area contributed by atoms with Gasteiger partial charge in [-0.2, -0.15) is 4.98 Å². The number of hydrogen-bond acceptors (Lipinski definition) is 4. The first-order chi connectivity index (χ1) is 11.1. The van der Waals surface area contributed by atoms with Gasteiger partial charge in [-0.1, -0.05) is 0 Å². The fourth-order valence-electron chi connectivity index (χ4n) is 5.16. The maximum Gasteiger partial charge on any atom is 0.308 e. The Morgan fingerprint density at radius 3 is 2.91 bits per heavy atom. The summed E-state index contributed by atoms with van der Waals surface area (Å²) in [5, 5.41) is 17.5. The van der Waals surface area contributed by atoms with Crippen molar-refractivity contribution in [3.05, 3.63) is 23.6 Å². The average Bonchev–Trinajstić information content (AvgIpc) is 3.21. The minimum Gasteiger partial charge on any atom is -0.481 e. The molecule has 0 amide bonds. The van der Waals surface area contributed by atoms with Crippen LogP contribution in [0.15, 0.2) is 18.3 Å². The number of carboxylic acid groups (broad SMARTS) is 1. The van der Waals surface area contributed by atoms with Gasteiger partial charge >= 0.3 is 5.97 Å². The highest BCUT2D eigenvalue weighted by atomic mass is 35.5. The van der Waals surface area contributed by atoms with Crippen molar-refractivity contribution in [1.82, 2.24) is 14.6 Å². The topological polar surface area (TPSA) is 79.5 Å². The largest absolute Gasteiger partial charge is 0.481 e. The van der Waals surface area contributed by atoms with E-state index >= 15 is 0 Å². The summed E-state index contributed by atoms with van der Waals surface area (Å²) in [4.78, 5) is 16.2. The molecule has 6 atom stereocenters. The zero-order valence-corrected chi connectivity index (χ0v) is 13.1. The van der Waals surface area contributed by atoms with Crippen LogP contribution in [0.3, 0.4) is 0 Å². The summed E-state index contributed by atoms with van der Waals surface area (Å²) in [7, 11) is 0. The first-order valence-corrected chi connectivity index (χ1v) is 8.51. The van der Waals surface area contributed by atoms with Gasteiger partial charge in [-0.3, -0.25) is 4.79 Å². The number of nitrogens with zero attached hydrogens (tertiary/aromatic N) is 3. The normalized spacial score (nSPS) is 37.6. The predicted molar refractivity (Wildman–Crippen MR) is 84.3 cm³/mol. The van der Waals surface area contributed by atoms with Crippen LogP contribution in [0.4, 0.5) is 5.82 Å². The second kappa shape index (κ2) is 4.60. The molecule has 0 aromatic carbocycles. The third-order valence-corrected chi connectivity index (χ3v) is 6.25. The summed E-state index contributed by atoms with van der Waals surface area (Å²) in [6.07, 6.45) is 5.17. The third-order valence-electron chi connectivity index (χ3n) is 6.09. The van der Waals surface area contributed by atoms with E-state index in [-0.39, 0.29) is 17.2 Å². The van der Waals surface area contributed by atoms with Gasteiger partial charge in [0.15, 0.2) is 5.82 Å². The first kappa shape index (κ1) is 13.6. The standard InChI is InChI=1S/C16H17ClN4O2/c17-16-19-14(11-2-1-5-21(11)20-16)18-13-8-4-3-7(9-6-10(8)9)12(13)15(22)23/h1-2,5,7-10,12-13H,3-4,6H2,(H,22,23)(H,18,19,20)/t7-,8+,9?,10?,12-,13-/m0/s1. The number of aliphatic carboxylic acids is 1. The maximum absolute atomic E-state index is 11.9. The van der Waals surface area contributed by atoms with Crippen molar-refractivity contribution >= 4 is 28.9 Å². The van der Waals surface area contributed by atoms with Crippen LogP contribution in [0.2, 0.25) is 5.28 Å². The van der Waals surface area contributed by atoms with Crippen molar-refractivity contribution in [3.8, 4) is 0 Å². The fourth-order valence-corrected chi connectivity index (χ4v) is 5.33. The predicted octanol–water partition coefficient (Wildman–Crippen LogP) is 2.54. The van der Waals surface area contributed by atoms with Crippen LogP contribution < -0.4 is 5.32 Å². The van der Waals surface area contributed by atoms with E-state index in [1.807, 2.05) is 18.3 Å². The number of nitrogens with one attached hydrogen (secondary N) is 1. The van der Waals surface area contributed by atoms with E-state index in [0.29, 0.717) is 29.5 Å². The van der Waals surface area contributed by atoms with Gasteiger partial charge in [0, 0.05) is 12.2 Å². The molecule has 0 aliphatic heterocycles. The second-order valence-electron chi connectivity index (χ2n) is 7.07. The van der Waals surface area contributed by atoms with Crippen LogP contribution in [-0.2, 0) is 4.79 Å². The van der Waals surface area contributed by atoms with Crippen LogP contribution >= 0.6 is 11.6 Å². The van der Waals surface area contributed by atoms with Crippen molar-refractivity contribution in [3.63, 3.8) is 0 Å². The molecule has 0 saturated heterocycles. The summed E-state index contributed by atoms with van der Waals surface area (Å²) in [6.45, 7) is 0. The van der Waals surface area contributed by atoms with E-state index in [1.165, 1.54) is 6.42 Å². The van der Waals surface area contributed by atoms with Crippen molar-refractivity contribution in [2.45, 2.75) is 25.3 Å². The van der Waals surface area contributed by atoms with Crippen molar-refractivity contribution in [1.29, 1.82) is 0 Å². The first-order valence-electron chi connectivity index (χ1n) is 8.14. The molecule has 4 fully saturated rings. The van der Waals surface area contributed by atoms with Crippen LogP contribution in [0.25, 0.3) is 5.52 Å². The number of anilines is 1. The lowest BCUT2D eigenvalue weighted by molar-refractivity contribution is -0.148. The van der Waals surface area contributed by atoms with Crippen molar-refractivity contribution < 1.29 is 9.90 Å². The molecule has 4 aliphatic carbocycles. The van der Waals surface area contributed by atoms with Crippen LogP contribution in [0.5, 0.6) is 0 Å². The highest BCUT2D eigenvalue weighted by Gasteiger charge is 2.63. The zero-order valence-electron chi connectivity index (χ0n) is 12.4. The molecule has 7 heteroatoms. The minimum atomic E-state index is -0.686. The summed E-state index contributed by atoms with van der Waals surface area (Å²) < 4.78 is 1.68. The Bertz CT molecular complexity index is 806. The molecule has 23 heavy (non-hydrogen) atoms. The van der Waals surface area contributed by atoms with Crippen molar-refractivity contribution in [2.24, 2.45) is 29.6 Å². The van der Waals surface area contributed by atoms with Gasteiger partial charge in [0.25, 0.3) is 0 Å². The molecule has 2 unspecified atom stereocenters. The van der Waals surface area contributed by atoms with E-state index in [0.717, 1.165) is 18.4 Å². The Balaban J connectivity index is 1.55. The molecule has 120 valence electrons. The summed E-state index contributed by atoms with van der Waals surface area (Å²) >= 11 is 6.01. The monoisotopic (exact) mass is 332 g/mol. The van der Waals surface area contributed by atoms with Crippen molar-refractivity contribution in [2.75, 3.05) is 5.32 Å². The van der Waals surface area contributed by atoms with E-state index in [2.05, 4.69) is 15.4 Å². The lowest BCUT2D eigenvalue weighted by Crippen LogP contribution is -2.52. The second-order valence-corrected chi connectivity index (χ2v) is 7.41. The van der Waals surface area contributed by atoms with Gasteiger partial charge in [0.1, 0.15) is 5.52 Å². The number of aromatic nitrogens is 3. The average molecular weight is 333 g/mol. The smallest absolute Gasteiger partial charge is 0.308 e. The highest BCUT2D eigenvalue weighted by molar-refractivity contribution is 6.28. The molecule has 2 bridgehead atoms. The van der Waals surface area contributed by atoms with Crippen LogP contribution in [0, 0.1) is 29.6 Å². The minimum absolute atomic E-state index is 0.0698. The molecule has 6 rings (SSSR count). The SMILES string of the molecule is O=C(O)[C@@H]1[C@@H](Nc2nc(Cl)nn3cccc23)[C@@H]2CC[C@H]1C1CC12. The summed E-state index contributed by atoms with van der Waals surface area (Å²) in [5.41, 5.74) is 0.826. The molecule has 0 spiro atoms. The zero-order chi connectivity index (χ0) is 15.7. The molecule has 6 nitrogen and oxygen atoms in total. The molecular weight excluding hydrogens is 316 g/mol. The number of carbonyl (C=O) groups is 1. The molecular formula is C16H17ClN4O2. The molecule has 2 aromatic heterocycles. The fraction of sp³-hybridized carbons (Fsp3) is 0.562. The van der Waals surface area contributed by atoms with Gasteiger partial charge < -0.3 is 10.4 Å². The molecule has 4 aliphatic rings. The molecule has 4 saturated carbocycles. The molecule has 2 aromatic rings. The van der Waals surface area contributed by atoms with Crippen LogP contribution in [-0.4, -0.2) is 31.7 Å². The quantitative estimate of drug-likeness (QED) is 0.903. The number of hydrogen-bond donors (Lipinski definition) is 2. The van der Waals surface area contributed by atoms with Gasteiger partial charge in [0.05, 0.1) is 5.92 Å². The summed E-state index contributed by atoms with van der Waals surface area (Å²) in [6, 6.07) is 3.72. The van der Waals surface area contributed by atoms with Gasteiger partial charge in [0.2, 0.25) is 5.28 Å². The Morgan fingerprint density at radius 1 is 1.30 bits per heavy atom. The number of halogens is 1. The summed E-state index contributed by atoms with van der Waals surface area (Å²) in [5.74, 6) is 1.68. The Labute approximate surface area is 137 Å². The lowest BCUT2D eigenvalue weighted by Gasteiger charge is -2.46. The molecule has 0 radical (unpaired) electrons. The van der Waals surface area contributed by atoms with Gasteiger partial charge in [-0.25, -0.2) is 4.52 Å². The van der Waals surface area contributed by atoms with E-state index in [9.17, 15) is 9.90 Å². The van der Waals surface area contributed by atoms with Gasteiger partial charge in [-0.15, -0.1) is 5.10 Å². The molecule has 2 heterocycles. The Kier molecular flexibility index (Phi) is 2.72. The number of fused-ring (bicyclic) bond motifs is 3.